The number of aromatic nitrogens is 1. The molecule has 1 N–H and O–H groups in total. The van der Waals surface area contributed by atoms with Crippen LogP contribution in [-0.4, -0.2) is 12.5 Å². The zero-order valence-corrected chi connectivity index (χ0v) is 10.2. The molecule has 0 unspecified atom stereocenters. The highest BCUT2D eigenvalue weighted by Crippen LogP contribution is 2.03. The maximum absolute atomic E-state index is 12.7. The lowest BCUT2D eigenvalue weighted by Crippen LogP contribution is -2.30. The summed E-state index contributed by atoms with van der Waals surface area (Å²) in [5, 5.41) is 13.7. The fraction of sp³-hybridized carbons (Fsp3) is 0.143. The van der Waals surface area contributed by atoms with Gasteiger partial charge in [0.2, 0.25) is 0 Å². The van der Waals surface area contributed by atoms with Crippen LogP contribution in [0.5, 0.6) is 0 Å². The largest absolute Gasteiger partial charge is 0.619 e. The van der Waals surface area contributed by atoms with E-state index in [9.17, 15) is 14.4 Å². The number of hydrogen-bond acceptors (Lipinski definition) is 2. The van der Waals surface area contributed by atoms with E-state index < -0.39 is 0 Å². The summed E-state index contributed by atoms with van der Waals surface area (Å²) in [6.45, 7) is 0.429. The van der Waals surface area contributed by atoms with Crippen LogP contribution in [0.2, 0.25) is 0 Å². The third-order valence-electron chi connectivity index (χ3n) is 2.65. The quantitative estimate of drug-likeness (QED) is 0.668. The molecule has 0 saturated heterocycles. The molecule has 5 heteroatoms. The number of nitrogens with zero attached hydrogens (tertiary/aromatic N) is 1. The Morgan fingerprint density at radius 1 is 1.26 bits per heavy atom. The maximum atomic E-state index is 12.7. The van der Waals surface area contributed by atoms with Gasteiger partial charge in [0.05, 0.1) is 0 Å². The minimum atomic E-state index is -0.299. The number of amides is 1. The predicted octanol–water partition coefficient (Wildman–Crippen LogP) is 1.43. The molecule has 0 fully saturated rings. The molecular weight excluding hydrogens is 247 g/mol. The number of benzene rings is 1. The molecule has 0 aliphatic carbocycles. The molecule has 1 aromatic carbocycles. The number of nitrogens with one attached hydrogen (secondary N) is 1. The van der Waals surface area contributed by atoms with E-state index in [1.165, 1.54) is 30.6 Å². The third kappa shape index (κ3) is 3.77. The second kappa shape index (κ2) is 5.95. The summed E-state index contributed by atoms with van der Waals surface area (Å²) in [4.78, 5) is 11.7. The van der Waals surface area contributed by atoms with Crippen molar-refractivity contribution < 1.29 is 13.9 Å². The van der Waals surface area contributed by atoms with Gasteiger partial charge in [0.25, 0.3) is 5.91 Å². The zero-order chi connectivity index (χ0) is 13.7. The van der Waals surface area contributed by atoms with E-state index >= 15 is 0 Å². The zero-order valence-electron chi connectivity index (χ0n) is 10.2. The van der Waals surface area contributed by atoms with Gasteiger partial charge in [0, 0.05) is 12.6 Å². The molecule has 0 saturated carbocycles. The van der Waals surface area contributed by atoms with E-state index in [1.54, 1.807) is 18.2 Å². The van der Waals surface area contributed by atoms with Gasteiger partial charge in [-0.05, 0) is 30.2 Å². The molecule has 0 bridgehead atoms. The molecule has 0 radical (unpaired) electrons. The Morgan fingerprint density at radius 2 is 2.00 bits per heavy atom. The monoisotopic (exact) mass is 260 g/mol. The lowest BCUT2D eigenvalue weighted by Gasteiger charge is -2.05. The van der Waals surface area contributed by atoms with Crippen molar-refractivity contribution >= 4 is 5.91 Å². The van der Waals surface area contributed by atoms with Crippen LogP contribution in [0.3, 0.4) is 0 Å². The fourth-order valence-electron chi connectivity index (χ4n) is 1.66. The van der Waals surface area contributed by atoms with Gasteiger partial charge >= 0.3 is 0 Å². The fourth-order valence-corrected chi connectivity index (χ4v) is 1.66. The molecule has 0 aliphatic heterocycles. The summed E-state index contributed by atoms with van der Waals surface area (Å²) >= 11 is 0. The Labute approximate surface area is 110 Å². The first-order chi connectivity index (χ1) is 9.15. The molecule has 0 spiro atoms. The summed E-state index contributed by atoms with van der Waals surface area (Å²) in [6, 6.07) is 9.21. The lowest BCUT2D eigenvalue weighted by molar-refractivity contribution is -0.605. The van der Waals surface area contributed by atoms with Crippen molar-refractivity contribution in [2.75, 3.05) is 6.54 Å². The van der Waals surface area contributed by atoms with Crippen molar-refractivity contribution in [1.29, 1.82) is 0 Å². The number of pyridine rings is 1. The first kappa shape index (κ1) is 13.0. The van der Waals surface area contributed by atoms with Crippen LogP contribution in [0.25, 0.3) is 0 Å². The molecule has 2 aromatic rings. The molecule has 19 heavy (non-hydrogen) atoms. The van der Waals surface area contributed by atoms with Gasteiger partial charge in [-0.2, -0.15) is 4.73 Å². The Bertz CT molecular complexity index is 570. The molecule has 0 atom stereocenters. The van der Waals surface area contributed by atoms with Gasteiger partial charge in [0.1, 0.15) is 11.4 Å². The standard InChI is InChI=1S/C14H13FN2O2/c15-13-5-3-11(4-6-13)7-8-16-14(18)12-2-1-9-17(19)10-12/h1-6,9-10H,7-8H2,(H,16,18). The van der Waals surface area contributed by atoms with E-state index in [0.717, 1.165) is 5.56 Å². The Kier molecular flexibility index (Phi) is 4.07. The van der Waals surface area contributed by atoms with Crippen LogP contribution >= 0.6 is 0 Å². The van der Waals surface area contributed by atoms with Crippen molar-refractivity contribution in [1.82, 2.24) is 5.32 Å². The molecule has 0 aliphatic rings. The SMILES string of the molecule is O=C(NCCc1ccc(F)cc1)c1ccc[n+]([O-])c1. The van der Waals surface area contributed by atoms with Crippen LogP contribution in [0.15, 0.2) is 48.8 Å². The highest BCUT2D eigenvalue weighted by Gasteiger charge is 2.07. The van der Waals surface area contributed by atoms with E-state index in [4.69, 9.17) is 0 Å². The van der Waals surface area contributed by atoms with Crippen LogP contribution in [0.4, 0.5) is 4.39 Å². The van der Waals surface area contributed by atoms with E-state index in [-0.39, 0.29) is 11.7 Å². The van der Waals surface area contributed by atoms with Crippen molar-refractivity contribution in [3.05, 3.63) is 70.9 Å². The molecule has 1 heterocycles. The first-order valence-electron chi connectivity index (χ1n) is 5.86. The summed E-state index contributed by atoms with van der Waals surface area (Å²) < 4.78 is 13.3. The van der Waals surface area contributed by atoms with Crippen LogP contribution in [0, 0.1) is 11.0 Å². The first-order valence-corrected chi connectivity index (χ1v) is 5.86. The molecule has 98 valence electrons. The molecule has 1 amide bonds. The van der Waals surface area contributed by atoms with Gasteiger partial charge in [-0.15, -0.1) is 0 Å². The third-order valence-corrected chi connectivity index (χ3v) is 2.65. The van der Waals surface area contributed by atoms with Gasteiger partial charge < -0.3 is 10.5 Å². The Balaban J connectivity index is 1.86. The van der Waals surface area contributed by atoms with Gasteiger partial charge in [-0.1, -0.05) is 12.1 Å². The van der Waals surface area contributed by atoms with E-state index in [2.05, 4.69) is 5.32 Å². The molecule has 2 rings (SSSR count). The number of hydrogen-bond donors (Lipinski definition) is 1. The van der Waals surface area contributed by atoms with Gasteiger partial charge in [-0.3, -0.25) is 4.79 Å². The van der Waals surface area contributed by atoms with Crippen LogP contribution < -0.4 is 10.0 Å². The highest BCUT2D eigenvalue weighted by atomic mass is 19.1. The number of rotatable bonds is 4. The Morgan fingerprint density at radius 3 is 2.68 bits per heavy atom. The number of carbonyl (C=O) groups excluding carboxylic acids is 1. The maximum Gasteiger partial charge on any atom is 0.257 e. The van der Waals surface area contributed by atoms with E-state index in [0.29, 0.717) is 23.3 Å². The van der Waals surface area contributed by atoms with E-state index in [1.807, 2.05) is 0 Å². The smallest absolute Gasteiger partial charge is 0.257 e. The van der Waals surface area contributed by atoms with Crippen LogP contribution in [-0.2, 0) is 6.42 Å². The van der Waals surface area contributed by atoms with Crippen molar-refractivity contribution in [3.63, 3.8) is 0 Å². The minimum absolute atomic E-state index is 0.280. The molecule has 1 aromatic heterocycles. The number of halogens is 1. The summed E-state index contributed by atoms with van der Waals surface area (Å²) in [6.07, 6.45) is 3.14. The van der Waals surface area contributed by atoms with Gasteiger partial charge in [0.15, 0.2) is 12.4 Å². The van der Waals surface area contributed by atoms with Crippen molar-refractivity contribution in [3.8, 4) is 0 Å². The summed E-state index contributed by atoms with van der Waals surface area (Å²) in [7, 11) is 0. The average Bonchev–Trinajstić information content (AvgIpc) is 2.41. The lowest BCUT2D eigenvalue weighted by atomic mass is 10.1. The molecular formula is C14H13FN2O2. The minimum Gasteiger partial charge on any atom is -0.619 e. The highest BCUT2D eigenvalue weighted by molar-refractivity contribution is 5.93. The van der Waals surface area contributed by atoms with Gasteiger partial charge in [-0.25, -0.2) is 4.39 Å². The topological polar surface area (TPSA) is 56.0 Å². The molecule has 4 nitrogen and oxygen atoms in total. The predicted molar refractivity (Wildman–Crippen MR) is 67.8 cm³/mol. The second-order valence-electron chi connectivity index (χ2n) is 4.08. The normalized spacial score (nSPS) is 10.2. The average molecular weight is 260 g/mol. The van der Waals surface area contributed by atoms with Crippen molar-refractivity contribution in [2.24, 2.45) is 0 Å². The van der Waals surface area contributed by atoms with Crippen molar-refractivity contribution in [2.45, 2.75) is 6.42 Å². The van der Waals surface area contributed by atoms with Crippen LogP contribution in [0.1, 0.15) is 15.9 Å². The second-order valence-corrected chi connectivity index (χ2v) is 4.08. The summed E-state index contributed by atoms with van der Waals surface area (Å²) in [5.74, 6) is -0.579. The Hall–Kier alpha value is -2.43. The number of carbonyl (C=O) groups is 1. The summed E-state index contributed by atoms with van der Waals surface area (Å²) in [5.41, 5.74) is 1.25.